The van der Waals surface area contributed by atoms with Crippen molar-refractivity contribution >= 4 is 33.3 Å². The van der Waals surface area contributed by atoms with Crippen LogP contribution in [-0.4, -0.2) is 77.0 Å². The number of nitrogens with zero attached hydrogens (tertiary/aromatic N) is 6. The largest absolute Gasteiger partial charge is 0.373 e. The standard InChI is InChI=1S/C27H34N6O3S2/c1-4-23-24(15-28)26(33-13-14-36-22(18-33)17-32-11-5-6-12-32)30-27(25(23)16-29)37-19-20-7-9-21(10-8-20)31(2)38(3,34)35/h7-10,22H,4-6,11-14,17-19H2,1-3H3. The Morgan fingerprint density at radius 3 is 2.42 bits per heavy atom. The highest BCUT2D eigenvalue weighted by atomic mass is 32.2. The summed E-state index contributed by atoms with van der Waals surface area (Å²) in [5.74, 6) is 1.19. The normalized spacial score (nSPS) is 18.2. The summed E-state index contributed by atoms with van der Waals surface area (Å²) >= 11 is 1.46. The number of thioether (sulfide) groups is 1. The molecule has 1 aromatic carbocycles. The molecule has 0 aliphatic carbocycles. The van der Waals surface area contributed by atoms with Gasteiger partial charge in [-0.05, 0) is 55.6 Å². The van der Waals surface area contributed by atoms with E-state index in [0.29, 0.717) is 59.5 Å². The van der Waals surface area contributed by atoms with E-state index in [2.05, 4.69) is 21.9 Å². The molecule has 2 fully saturated rings. The van der Waals surface area contributed by atoms with Gasteiger partial charge >= 0.3 is 0 Å². The van der Waals surface area contributed by atoms with Crippen LogP contribution in [-0.2, 0) is 26.9 Å². The Bertz CT molecular complexity index is 1330. The Morgan fingerprint density at radius 2 is 1.82 bits per heavy atom. The third-order valence-corrected chi connectivity index (χ3v) is 9.35. The van der Waals surface area contributed by atoms with E-state index in [-0.39, 0.29) is 6.10 Å². The number of likely N-dealkylation sites (tertiary alicyclic amines) is 1. The number of nitriles is 2. The Kier molecular flexibility index (Phi) is 9.16. The van der Waals surface area contributed by atoms with Crippen molar-refractivity contribution < 1.29 is 13.2 Å². The van der Waals surface area contributed by atoms with Crippen molar-refractivity contribution in [3.8, 4) is 12.1 Å². The summed E-state index contributed by atoms with van der Waals surface area (Å²) in [4.78, 5) is 9.47. The summed E-state index contributed by atoms with van der Waals surface area (Å²) in [5, 5.41) is 20.7. The molecule has 2 aliphatic heterocycles. The lowest BCUT2D eigenvalue weighted by Gasteiger charge is -2.36. The summed E-state index contributed by atoms with van der Waals surface area (Å²) in [5.41, 5.74) is 3.22. The third kappa shape index (κ3) is 6.41. The van der Waals surface area contributed by atoms with E-state index in [4.69, 9.17) is 9.72 Å². The predicted molar refractivity (Wildman–Crippen MR) is 150 cm³/mol. The smallest absolute Gasteiger partial charge is 0.231 e. The van der Waals surface area contributed by atoms with Crippen LogP contribution in [0.15, 0.2) is 29.3 Å². The zero-order chi connectivity index (χ0) is 27.3. The van der Waals surface area contributed by atoms with Gasteiger partial charge in [-0.1, -0.05) is 19.1 Å². The van der Waals surface area contributed by atoms with Crippen LogP contribution >= 0.6 is 11.8 Å². The fraction of sp³-hybridized carbons (Fsp3) is 0.519. The topological polar surface area (TPSA) is 114 Å². The van der Waals surface area contributed by atoms with E-state index < -0.39 is 10.0 Å². The van der Waals surface area contributed by atoms with E-state index in [1.165, 1.54) is 42.2 Å². The number of hydrogen-bond donors (Lipinski definition) is 0. The molecule has 0 bridgehead atoms. The molecule has 1 atom stereocenters. The average Bonchev–Trinajstić information content (AvgIpc) is 3.43. The van der Waals surface area contributed by atoms with Crippen molar-refractivity contribution in [2.75, 3.05) is 61.8 Å². The predicted octanol–water partition coefficient (Wildman–Crippen LogP) is 3.38. The van der Waals surface area contributed by atoms with Gasteiger partial charge in [0.15, 0.2) is 0 Å². The Morgan fingerprint density at radius 1 is 1.13 bits per heavy atom. The van der Waals surface area contributed by atoms with Gasteiger partial charge in [0.2, 0.25) is 10.0 Å². The van der Waals surface area contributed by atoms with Crippen LogP contribution in [0.3, 0.4) is 0 Å². The Hall–Kier alpha value is -2.83. The lowest BCUT2D eigenvalue weighted by atomic mass is 10.0. The number of benzene rings is 1. The number of pyridine rings is 1. The second-order valence-corrected chi connectivity index (χ2v) is 12.7. The molecule has 2 saturated heterocycles. The molecule has 3 heterocycles. The molecular formula is C27H34N6O3S2. The van der Waals surface area contributed by atoms with Crippen LogP contribution in [0.1, 0.15) is 42.0 Å². The fourth-order valence-electron chi connectivity index (χ4n) is 4.94. The highest BCUT2D eigenvalue weighted by Crippen LogP contribution is 2.34. The van der Waals surface area contributed by atoms with Crippen molar-refractivity contribution in [2.24, 2.45) is 0 Å². The SMILES string of the molecule is CCc1c(C#N)c(SCc2ccc(N(C)S(C)(=O)=O)cc2)nc(N2CCOC(CN3CCCC3)C2)c1C#N. The first-order valence-corrected chi connectivity index (χ1v) is 15.7. The number of ether oxygens (including phenoxy) is 1. The number of hydrogen-bond acceptors (Lipinski definition) is 9. The average molecular weight is 555 g/mol. The van der Waals surface area contributed by atoms with Gasteiger partial charge in [-0.3, -0.25) is 4.31 Å². The van der Waals surface area contributed by atoms with Crippen LogP contribution in [0.4, 0.5) is 11.5 Å². The maximum absolute atomic E-state index is 11.8. The maximum Gasteiger partial charge on any atom is 0.231 e. The molecule has 0 radical (unpaired) electrons. The fourth-order valence-corrected chi connectivity index (χ4v) is 6.40. The summed E-state index contributed by atoms with van der Waals surface area (Å²) in [6.45, 7) is 6.92. The van der Waals surface area contributed by atoms with E-state index >= 15 is 0 Å². The molecule has 1 aromatic heterocycles. The van der Waals surface area contributed by atoms with Crippen molar-refractivity contribution in [1.82, 2.24) is 9.88 Å². The lowest BCUT2D eigenvalue weighted by molar-refractivity contribution is 0.0199. The molecule has 0 N–H and O–H groups in total. The number of aromatic nitrogens is 1. The first-order chi connectivity index (χ1) is 18.2. The van der Waals surface area contributed by atoms with Gasteiger partial charge in [-0.15, -0.1) is 11.8 Å². The lowest BCUT2D eigenvalue weighted by Crippen LogP contribution is -2.47. The van der Waals surface area contributed by atoms with Gasteiger partial charge in [-0.2, -0.15) is 10.5 Å². The molecule has 0 spiro atoms. The van der Waals surface area contributed by atoms with Gasteiger partial charge in [0.1, 0.15) is 23.0 Å². The van der Waals surface area contributed by atoms with Crippen molar-refractivity contribution in [3.05, 3.63) is 46.5 Å². The van der Waals surface area contributed by atoms with Crippen molar-refractivity contribution in [2.45, 2.75) is 43.1 Å². The summed E-state index contributed by atoms with van der Waals surface area (Å²) in [7, 11) is -1.81. The highest BCUT2D eigenvalue weighted by Gasteiger charge is 2.29. The number of sulfonamides is 1. The van der Waals surface area contributed by atoms with Crippen LogP contribution < -0.4 is 9.21 Å². The van der Waals surface area contributed by atoms with Crippen molar-refractivity contribution in [3.63, 3.8) is 0 Å². The first-order valence-electron chi connectivity index (χ1n) is 12.9. The zero-order valence-electron chi connectivity index (χ0n) is 22.2. The number of rotatable bonds is 9. The van der Waals surface area contributed by atoms with Crippen molar-refractivity contribution in [1.29, 1.82) is 10.5 Å². The second kappa shape index (κ2) is 12.4. The molecule has 11 heteroatoms. The van der Waals surface area contributed by atoms with Gasteiger partial charge < -0.3 is 14.5 Å². The molecule has 38 heavy (non-hydrogen) atoms. The van der Waals surface area contributed by atoms with Crippen LogP contribution in [0, 0.1) is 22.7 Å². The quantitative estimate of drug-likeness (QED) is 0.430. The molecule has 202 valence electrons. The van der Waals surface area contributed by atoms with E-state index in [9.17, 15) is 18.9 Å². The molecular weight excluding hydrogens is 520 g/mol. The number of anilines is 2. The molecule has 1 unspecified atom stereocenters. The molecule has 0 saturated carbocycles. The molecule has 2 aliphatic rings. The van der Waals surface area contributed by atoms with E-state index in [0.717, 1.165) is 30.8 Å². The molecule has 9 nitrogen and oxygen atoms in total. The molecule has 0 amide bonds. The Labute approximate surface area is 230 Å². The summed E-state index contributed by atoms with van der Waals surface area (Å²) in [6, 6.07) is 11.9. The zero-order valence-corrected chi connectivity index (χ0v) is 23.8. The minimum absolute atomic E-state index is 0.0515. The number of morpholine rings is 1. The van der Waals surface area contributed by atoms with E-state index in [1.807, 2.05) is 19.1 Å². The first kappa shape index (κ1) is 28.2. The Balaban J connectivity index is 1.58. The molecule has 2 aromatic rings. The van der Waals surface area contributed by atoms with Crippen LogP contribution in [0.5, 0.6) is 0 Å². The highest BCUT2D eigenvalue weighted by molar-refractivity contribution is 7.98. The van der Waals surface area contributed by atoms with Gasteiger partial charge in [0.05, 0.1) is 35.8 Å². The monoisotopic (exact) mass is 554 g/mol. The second-order valence-electron chi connectivity index (χ2n) is 9.68. The van der Waals surface area contributed by atoms with Crippen LogP contribution in [0.2, 0.25) is 0 Å². The van der Waals surface area contributed by atoms with E-state index in [1.54, 1.807) is 12.1 Å². The minimum atomic E-state index is -3.33. The van der Waals surface area contributed by atoms with Gasteiger partial charge in [0.25, 0.3) is 0 Å². The molecule has 4 rings (SSSR count). The van der Waals surface area contributed by atoms with Crippen LogP contribution in [0.25, 0.3) is 0 Å². The summed E-state index contributed by atoms with van der Waals surface area (Å²) in [6.07, 6.45) is 4.23. The summed E-state index contributed by atoms with van der Waals surface area (Å²) < 4.78 is 30.9. The minimum Gasteiger partial charge on any atom is -0.373 e. The maximum atomic E-state index is 11.8. The van der Waals surface area contributed by atoms with Gasteiger partial charge in [-0.25, -0.2) is 13.4 Å². The van der Waals surface area contributed by atoms with Gasteiger partial charge in [0, 0.05) is 32.4 Å². The third-order valence-electron chi connectivity index (χ3n) is 7.10.